The van der Waals surface area contributed by atoms with E-state index in [4.69, 9.17) is 18.0 Å². The number of nitrogens with zero attached hydrogens (tertiary/aromatic N) is 1. The zero-order valence-electron chi connectivity index (χ0n) is 11.4. The van der Waals surface area contributed by atoms with Crippen LogP contribution in [0.1, 0.15) is 18.4 Å². The SMILES string of the molecule is NC(=S)c1ccccc1NC(=O)CCN1CCCS1(=O)=O. The number of rotatable bonds is 5. The van der Waals surface area contributed by atoms with E-state index in [9.17, 15) is 13.2 Å². The summed E-state index contributed by atoms with van der Waals surface area (Å²) in [4.78, 5) is 12.1. The summed E-state index contributed by atoms with van der Waals surface area (Å²) in [7, 11) is -3.16. The largest absolute Gasteiger partial charge is 0.389 e. The normalized spacial score (nSPS) is 17.5. The van der Waals surface area contributed by atoms with Gasteiger partial charge in [-0.05, 0) is 18.6 Å². The molecule has 8 heteroatoms. The molecule has 0 radical (unpaired) electrons. The average molecular weight is 327 g/mol. The van der Waals surface area contributed by atoms with Gasteiger partial charge in [0, 0.05) is 25.1 Å². The third kappa shape index (κ3) is 3.99. The standard InChI is InChI=1S/C13H17N3O3S2/c14-13(20)10-4-1-2-5-11(10)15-12(17)6-8-16-7-3-9-21(16,18)19/h1-2,4-5H,3,6-9H2,(H2,14,20)(H,15,17). The average Bonchev–Trinajstić information content (AvgIpc) is 2.75. The number of para-hydroxylation sites is 1. The van der Waals surface area contributed by atoms with E-state index in [1.54, 1.807) is 24.3 Å². The lowest BCUT2D eigenvalue weighted by atomic mass is 10.1. The third-order valence-electron chi connectivity index (χ3n) is 3.26. The van der Waals surface area contributed by atoms with Crippen LogP contribution in [0.5, 0.6) is 0 Å². The van der Waals surface area contributed by atoms with Crippen LogP contribution >= 0.6 is 12.2 Å². The number of carbonyl (C=O) groups is 1. The van der Waals surface area contributed by atoms with E-state index in [0.717, 1.165) is 0 Å². The van der Waals surface area contributed by atoms with Crippen molar-refractivity contribution in [3.8, 4) is 0 Å². The molecule has 1 aromatic carbocycles. The van der Waals surface area contributed by atoms with E-state index in [-0.39, 0.29) is 29.6 Å². The van der Waals surface area contributed by atoms with Crippen LogP contribution in [0, 0.1) is 0 Å². The van der Waals surface area contributed by atoms with Crippen LogP contribution in [0.15, 0.2) is 24.3 Å². The Morgan fingerprint density at radius 1 is 1.38 bits per heavy atom. The van der Waals surface area contributed by atoms with E-state index < -0.39 is 10.0 Å². The van der Waals surface area contributed by atoms with Crippen molar-refractivity contribution in [2.75, 3.05) is 24.2 Å². The quantitative estimate of drug-likeness (QED) is 0.776. The van der Waals surface area contributed by atoms with E-state index in [1.807, 2.05) is 0 Å². The van der Waals surface area contributed by atoms with Crippen molar-refractivity contribution >= 4 is 38.8 Å². The Morgan fingerprint density at radius 2 is 2.10 bits per heavy atom. The Morgan fingerprint density at radius 3 is 2.71 bits per heavy atom. The van der Waals surface area contributed by atoms with Gasteiger partial charge in [0.05, 0.1) is 11.4 Å². The molecule has 2 rings (SSSR count). The highest BCUT2D eigenvalue weighted by Crippen LogP contribution is 2.16. The zero-order chi connectivity index (χ0) is 15.5. The molecule has 1 heterocycles. The number of benzene rings is 1. The minimum atomic E-state index is -3.16. The number of nitrogens with two attached hydrogens (primary N) is 1. The van der Waals surface area contributed by atoms with Crippen molar-refractivity contribution in [1.82, 2.24) is 4.31 Å². The number of hydrogen-bond donors (Lipinski definition) is 2. The van der Waals surface area contributed by atoms with Gasteiger partial charge in [0.15, 0.2) is 0 Å². The highest BCUT2D eigenvalue weighted by molar-refractivity contribution is 7.89. The van der Waals surface area contributed by atoms with Gasteiger partial charge >= 0.3 is 0 Å². The van der Waals surface area contributed by atoms with Gasteiger partial charge in [-0.2, -0.15) is 0 Å². The summed E-state index contributed by atoms with van der Waals surface area (Å²) in [6.45, 7) is 0.683. The summed E-state index contributed by atoms with van der Waals surface area (Å²) in [6, 6.07) is 6.98. The van der Waals surface area contributed by atoms with E-state index >= 15 is 0 Å². The molecule has 1 aliphatic rings. The molecule has 1 fully saturated rings. The first-order valence-corrected chi connectivity index (χ1v) is 8.58. The van der Waals surface area contributed by atoms with Crippen LogP contribution < -0.4 is 11.1 Å². The van der Waals surface area contributed by atoms with E-state index in [0.29, 0.717) is 24.2 Å². The second kappa shape index (κ2) is 6.50. The number of sulfonamides is 1. The van der Waals surface area contributed by atoms with Crippen LogP contribution in [0.3, 0.4) is 0 Å². The maximum atomic E-state index is 11.9. The lowest BCUT2D eigenvalue weighted by Crippen LogP contribution is -2.29. The zero-order valence-corrected chi connectivity index (χ0v) is 13.0. The van der Waals surface area contributed by atoms with Gasteiger partial charge in [0.25, 0.3) is 0 Å². The summed E-state index contributed by atoms with van der Waals surface area (Å²) in [5.74, 6) is -0.0976. The molecular formula is C13H17N3O3S2. The number of hydrogen-bond acceptors (Lipinski definition) is 4. The minimum absolute atomic E-state index is 0.102. The predicted octanol–water partition coefficient (Wildman–Crippen LogP) is 0.685. The Hall–Kier alpha value is -1.51. The number of amides is 1. The van der Waals surface area contributed by atoms with Crippen molar-refractivity contribution < 1.29 is 13.2 Å². The predicted molar refractivity (Wildman–Crippen MR) is 85.6 cm³/mol. The van der Waals surface area contributed by atoms with E-state index in [1.165, 1.54) is 4.31 Å². The Balaban J connectivity index is 1.95. The molecule has 0 aliphatic carbocycles. The Kier molecular flexibility index (Phi) is 4.92. The Bertz CT molecular complexity index is 658. The summed E-state index contributed by atoms with van der Waals surface area (Å²) in [5.41, 5.74) is 6.73. The van der Waals surface area contributed by atoms with Crippen LogP contribution in [0.2, 0.25) is 0 Å². The fraction of sp³-hybridized carbons (Fsp3) is 0.385. The smallest absolute Gasteiger partial charge is 0.225 e. The third-order valence-corrected chi connectivity index (χ3v) is 5.43. The van der Waals surface area contributed by atoms with Gasteiger partial charge in [-0.15, -0.1) is 0 Å². The molecular weight excluding hydrogens is 310 g/mol. The minimum Gasteiger partial charge on any atom is -0.389 e. The number of carbonyl (C=O) groups excluding carboxylic acids is 1. The maximum absolute atomic E-state index is 11.9. The highest BCUT2D eigenvalue weighted by atomic mass is 32.2. The Labute approximate surface area is 129 Å². The van der Waals surface area contributed by atoms with Crippen molar-refractivity contribution in [3.05, 3.63) is 29.8 Å². The van der Waals surface area contributed by atoms with Gasteiger partial charge in [-0.3, -0.25) is 4.79 Å². The molecule has 1 aromatic rings. The highest BCUT2D eigenvalue weighted by Gasteiger charge is 2.28. The maximum Gasteiger partial charge on any atom is 0.225 e. The molecule has 0 saturated carbocycles. The molecule has 6 nitrogen and oxygen atoms in total. The molecule has 3 N–H and O–H groups in total. The van der Waals surface area contributed by atoms with Crippen molar-refractivity contribution in [1.29, 1.82) is 0 Å². The number of nitrogens with one attached hydrogen (secondary N) is 1. The molecule has 0 bridgehead atoms. The van der Waals surface area contributed by atoms with Crippen LogP contribution in [-0.4, -0.2) is 42.5 Å². The summed E-state index contributed by atoms with van der Waals surface area (Å²) in [5, 5.41) is 2.72. The molecule has 1 aliphatic heterocycles. The lowest BCUT2D eigenvalue weighted by Gasteiger charge is -2.14. The second-order valence-corrected chi connectivity index (χ2v) is 7.30. The molecule has 1 amide bonds. The van der Waals surface area contributed by atoms with Crippen LogP contribution in [0.25, 0.3) is 0 Å². The van der Waals surface area contributed by atoms with E-state index in [2.05, 4.69) is 5.32 Å². The van der Waals surface area contributed by atoms with Crippen LogP contribution in [-0.2, 0) is 14.8 Å². The molecule has 0 atom stereocenters. The topological polar surface area (TPSA) is 92.5 Å². The number of thiocarbonyl (C=S) groups is 1. The first-order chi connectivity index (χ1) is 9.90. The molecule has 114 valence electrons. The second-order valence-electron chi connectivity index (χ2n) is 4.78. The van der Waals surface area contributed by atoms with Gasteiger partial charge < -0.3 is 11.1 Å². The summed E-state index contributed by atoms with van der Waals surface area (Å²) < 4.78 is 24.6. The van der Waals surface area contributed by atoms with Gasteiger partial charge in [0.2, 0.25) is 15.9 Å². The van der Waals surface area contributed by atoms with Crippen molar-refractivity contribution in [3.63, 3.8) is 0 Å². The van der Waals surface area contributed by atoms with Crippen LogP contribution in [0.4, 0.5) is 5.69 Å². The molecule has 21 heavy (non-hydrogen) atoms. The summed E-state index contributed by atoms with van der Waals surface area (Å²) in [6.07, 6.45) is 0.721. The molecule has 0 unspecified atom stereocenters. The molecule has 1 saturated heterocycles. The summed E-state index contributed by atoms with van der Waals surface area (Å²) >= 11 is 4.92. The van der Waals surface area contributed by atoms with Gasteiger partial charge in [-0.25, -0.2) is 12.7 Å². The van der Waals surface area contributed by atoms with Gasteiger partial charge in [0.1, 0.15) is 4.99 Å². The van der Waals surface area contributed by atoms with Crippen molar-refractivity contribution in [2.24, 2.45) is 5.73 Å². The molecule has 0 aromatic heterocycles. The van der Waals surface area contributed by atoms with Crippen molar-refractivity contribution in [2.45, 2.75) is 12.8 Å². The first-order valence-electron chi connectivity index (χ1n) is 6.56. The monoisotopic (exact) mass is 327 g/mol. The molecule has 0 spiro atoms. The first kappa shape index (κ1) is 15.9. The lowest BCUT2D eigenvalue weighted by molar-refractivity contribution is -0.116. The fourth-order valence-electron chi connectivity index (χ4n) is 2.19. The fourth-order valence-corrected chi connectivity index (χ4v) is 3.90. The number of anilines is 1. The van der Waals surface area contributed by atoms with Gasteiger partial charge in [-0.1, -0.05) is 24.4 Å².